The molecule has 0 spiro atoms. The van der Waals surface area contributed by atoms with E-state index in [9.17, 15) is 9.59 Å². The standard InChI is InChI=1S/C25H29N3O3S/c1-17(23(29)26-16-18-12-14-20(31-2)15-13-18)32-25-27-22-11-7-6-10-21(22)24(30)28(25)19-8-4-3-5-9-19/h6-7,10-15,17,19H,3-5,8-9,16H2,1-2H3,(H,26,29). The van der Waals surface area contributed by atoms with Crippen LogP contribution in [-0.2, 0) is 11.3 Å². The summed E-state index contributed by atoms with van der Waals surface area (Å²) in [6, 6.07) is 15.2. The van der Waals surface area contributed by atoms with Crippen LogP contribution in [0.5, 0.6) is 5.75 Å². The fourth-order valence-corrected chi connectivity index (χ4v) is 5.16. The number of nitrogens with one attached hydrogen (secondary N) is 1. The Kier molecular flexibility index (Phi) is 7.15. The van der Waals surface area contributed by atoms with Gasteiger partial charge in [-0.15, -0.1) is 0 Å². The summed E-state index contributed by atoms with van der Waals surface area (Å²) in [5.41, 5.74) is 1.67. The lowest BCUT2D eigenvalue weighted by molar-refractivity contribution is -0.120. The van der Waals surface area contributed by atoms with Crippen molar-refractivity contribution in [2.45, 2.75) is 62.0 Å². The number of carbonyl (C=O) groups excluding carboxylic acids is 1. The quantitative estimate of drug-likeness (QED) is 0.416. The molecule has 1 aliphatic rings. The monoisotopic (exact) mass is 451 g/mol. The van der Waals surface area contributed by atoms with E-state index in [4.69, 9.17) is 9.72 Å². The van der Waals surface area contributed by atoms with Crippen molar-refractivity contribution < 1.29 is 9.53 Å². The van der Waals surface area contributed by atoms with Crippen LogP contribution < -0.4 is 15.6 Å². The Morgan fingerprint density at radius 3 is 2.59 bits per heavy atom. The highest BCUT2D eigenvalue weighted by Gasteiger charge is 2.24. The Morgan fingerprint density at radius 2 is 1.88 bits per heavy atom. The maximum Gasteiger partial charge on any atom is 0.262 e. The number of nitrogens with zero attached hydrogens (tertiary/aromatic N) is 2. The zero-order valence-electron chi connectivity index (χ0n) is 18.5. The lowest BCUT2D eigenvalue weighted by Crippen LogP contribution is -2.33. The Hall–Kier alpha value is -2.80. The second-order valence-electron chi connectivity index (χ2n) is 8.20. The van der Waals surface area contributed by atoms with Crippen LogP contribution in [0.1, 0.15) is 50.6 Å². The highest BCUT2D eigenvalue weighted by molar-refractivity contribution is 8.00. The molecular weight excluding hydrogens is 422 g/mol. The molecule has 1 aliphatic carbocycles. The summed E-state index contributed by atoms with van der Waals surface area (Å²) in [6.45, 7) is 2.30. The number of rotatable bonds is 7. The second-order valence-corrected chi connectivity index (χ2v) is 9.51. The molecule has 2 aromatic carbocycles. The zero-order chi connectivity index (χ0) is 22.5. The first kappa shape index (κ1) is 22.4. The SMILES string of the molecule is COc1ccc(CNC(=O)C(C)Sc2nc3ccccc3c(=O)n2C2CCCCC2)cc1. The van der Waals surface area contributed by atoms with Crippen molar-refractivity contribution in [1.82, 2.24) is 14.9 Å². The molecule has 1 amide bonds. The predicted molar refractivity (Wildman–Crippen MR) is 128 cm³/mol. The fraction of sp³-hybridized carbons (Fsp3) is 0.400. The summed E-state index contributed by atoms with van der Waals surface area (Å²) in [7, 11) is 1.63. The summed E-state index contributed by atoms with van der Waals surface area (Å²) in [4.78, 5) is 31.0. The minimum atomic E-state index is -0.379. The Morgan fingerprint density at radius 1 is 1.16 bits per heavy atom. The molecule has 1 unspecified atom stereocenters. The van der Waals surface area contributed by atoms with E-state index in [2.05, 4.69) is 5.32 Å². The van der Waals surface area contributed by atoms with E-state index in [0.717, 1.165) is 37.0 Å². The van der Waals surface area contributed by atoms with Gasteiger partial charge in [-0.05, 0) is 49.6 Å². The van der Waals surface area contributed by atoms with Crippen LogP contribution in [0.3, 0.4) is 0 Å². The summed E-state index contributed by atoms with van der Waals surface area (Å²) >= 11 is 1.36. The van der Waals surface area contributed by atoms with Gasteiger partial charge in [0.25, 0.3) is 5.56 Å². The molecule has 3 aromatic rings. The number of hydrogen-bond donors (Lipinski definition) is 1. The van der Waals surface area contributed by atoms with Gasteiger partial charge in [-0.25, -0.2) is 4.98 Å². The number of methoxy groups -OCH3 is 1. The van der Waals surface area contributed by atoms with Crippen LogP contribution >= 0.6 is 11.8 Å². The van der Waals surface area contributed by atoms with Gasteiger partial charge in [-0.3, -0.25) is 14.2 Å². The molecule has 0 saturated heterocycles. The molecule has 0 aliphatic heterocycles. The van der Waals surface area contributed by atoms with Gasteiger partial charge in [0.05, 0.1) is 23.3 Å². The number of ether oxygens (including phenoxy) is 1. The minimum absolute atomic E-state index is 0.00385. The summed E-state index contributed by atoms with van der Waals surface area (Å²) in [6.07, 6.45) is 5.40. The highest BCUT2D eigenvalue weighted by Crippen LogP contribution is 2.32. The van der Waals surface area contributed by atoms with Gasteiger partial charge in [0.15, 0.2) is 5.16 Å². The van der Waals surface area contributed by atoms with Gasteiger partial charge in [0.2, 0.25) is 5.91 Å². The molecule has 1 heterocycles. The number of aromatic nitrogens is 2. The van der Waals surface area contributed by atoms with Crippen molar-refractivity contribution in [3.8, 4) is 5.75 Å². The molecule has 1 aromatic heterocycles. The third-order valence-electron chi connectivity index (χ3n) is 5.99. The van der Waals surface area contributed by atoms with Crippen LogP contribution in [-0.4, -0.2) is 27.8 Å². The Bertz CT molecular complexity index is 1140. The van der Waals surface area contributed by atoms with E-state index in [1.54, 1.807) is 7.11 Å². The fourth-order valence-electron chi connectivity index (χ4n) is 4.16. The van der Waals surface area contributed by atoms with E-state index < -0.39 is 0 Å². The van der Waals surface area contributed by atoms with Crippen molar-refractivity contribution in [2.24, 2.45) is 0 Å². The summed E-state index contributed by atoms with van der Waals surface area (Å²) in [5.74, 6) is 0.704. The predicted octanol–water partition coefficient (Wildman–Crippen LogP) is 4.71. The normalized spacial score (nSPS) is 15.4. The molecule has 1 saturated carbocycles. The van der Waals surface area contributed by atoms with E-state index in [0.29, 0.717) is 22.6 Å². The number of carbonyl (C=O) groups is 1. The molecular formula is C25H29N3O3S. The van der Waals surface area contributed by atoms with Gasteiger partial charge < -0.3 is 10.1 Å². The van der Waals surface area contributed by atoms with Crippen molar-refractivity contribution in [1.29, 1.82) is 0 Å². The van der Waals surface area contributed by atoms with Crippen molar-refractivity contribution in [3.63, 3.8) is 0 Å². The van der Waals surface area contributed by atoms with Crippen molar-refractivity contribution in [3.05, 3.63) is 64.4 Å². The van der Waals surface area contributed by atoms with E-state index in [1.807, 2.05) is 60.0 Å². The average molecular weight is 452 g/mol. The number of hydrogen-bond acceptors (Lipinski definition) is 5. The molecule has 32 heavy (non-hydrogen) atoms. The summed E-state index contributed by atoms with van der Waals surface area (Å²) < 4.78 is 7.02. The first-order chi connectivity index (χ1) is 15.6. The summed E-state index contributed by atoms with van der Waals surface area (Å²) in [5, 5.41) is 3.88. The molecule has 1 fully saturated rings. The molecule has 1 N–H and O–H groups in total. The van der Waals surface area contributed by atoms with Crippen molar-refractivity contribution >= 4 is 28.6 Å². The first-order valence-corrected chi connectivity index (χ1v) is 12.0. The van der Waals surface area contributed by atoms with Crippen LogP contribution in [0.4, 0.5) is 0 Å². The first-order valence-electron chi connectivity index (χ1n) is 11.2. The number of thioether (sulfide) groups is 1. The molecule has 7 heteroatoms. The van der Waals surface area contributed by atoms with Gasteiger partial charge in [0, 0.05) is 12.6 Å². The Labute approximate surface area is 192 Å². The molecule has 0 bridgehead atoms. The van der Waals surface area contributed by atoms with Crippen molar-refractivity contribution in [2.75, 3.05) is 7.11 Å². The van der Waals surface area contributed by atoms with Gasteiger partial charge in [-0.2, -0.15) is 0 Å². The highest BCUT2D eigenvalue weighted by atomic mass is 32.2. The zero-order valence-corrected chi connectivity index (χ0v) is 19.4. The smallest absolute Gasteiger partial charge is 0.262 e. The van der Waals surface area contributed by atoms with E-state index in [1.165, 1.54) is 18.2 Å². The molecule has 6 nitrogen and oxygen atoms in total. The number of fused-ring (bicyclic) bond motifs is 1. The maximum absolute atomic E-state index is 13.4. The van der Waals surface area contributed by atoms with Crippen LogP contribution in [0, 0.1) is 0 Å². The maximum atomic E-state index is 13.4. The molecule has 0 radical (unpaired) electrons. The van der Waals surface area contributed by atoms with Crippen LogP contribution in [0.2, 0.25) is 0 Å². The van der Waals surface area contributed by atoms with E-state index in [-0.39, 0.29) is 22.8 Å². The second kappa shape index (κ2) is 10.2. The largest absolute Gasteiger partial charge is 0.497 e. The number of amides is 1. The van der Waals surface area contributed by atoms with Gasteiger partial charge in [-0.1, -0.05) is 55.3 Å². The molecule has 4 rings (SSSR count). The minimum Gasteiger partial charge on any atom is -0.497 e. The topological polar surface area (TPSA) is 73.2 Å². The number of para-hydroxylation sites is 1. The average Bonchev–Trinajstić information content (AvgIpc) is 2.83. The third-order valence-corrected chi connectivity index (χ3v) is 7.06. The number of benzene rings is 2. The van der Waals surface area contributed by atoms with Gasteiger partial charge in [0.1, 0.15) is 5.75 Å². The Balaban J connectivity index is 1.53. The molecule has 168 valence electrons. The lowest BCUT2D eigenvalue weighted by Gasteiger charge is -2.26. The van der Waals surface area contributed by atoms with Crippen LogP contribution in [0.25, 0.3) is 10.9 Å². The molecule has 1 atom stereocenters. The lowest BCUT2D eigenvalue weighted by atomic mass is 9.95. The van der Waals surface area contributed by atoms with Gasteiger partial charge >= 0.3 is 0 Å². The van der Waals surface area contributed by atoms with Crippen LogP contribution in [0.15, 0.2) is 58.5 Å². The third kappa shape index (κ3) is 4.99. The van der Waals surface area contributed by atoms with E-state index >= 15 is 0 Å².